The highest BCUT2D eigenvalue weighted by Gasteiger charge is 2.26. The lowest BCUT2D eigenvalue weighted by molar-refractivity contribution is 0.0303. The van der Waals surface area contributed by atoms with Crippen molar-refractivity contribution in [3.63, 3.8) is 0 Å². The van der Waals surface area contributed by atoms with Crippen molar-refractivity contribution in [3.8, 4) is 0 Å². The van der Waals surface area contributed by atoms with Gasteiger partial charge in [0.2, 0.25) is 5.95 Å². The monoisotopic (exact) mass is 544 g/mol. The summed E-state index contributed by atoms with van der Waals surface area (Å²) in [4.78, 5) is 45.8. The summed E-state index contributed by atoms with van der Waals surface area (Å²) in [6, 6.07) is 14.2. The number of nitrogens with two attached hydrogens (primary N) is 1. The molecule has 0 bridgehead atoms. The Morgan fingerprint density at radius 2 is 1.65 bits per heavy atom. The number of carbonyl (C=O) groups is 3. The third-order valence-electron chi connectivity index (χ3n) is 6.96. The van der Waals surface area contributed by atoms with E-state index < -0.39 is 5.91 Å². The SMILES string of the molecule is Cc1ccc(C(=O)N[C@@H]2CCCN(c3nnc(C(N)=O)c(Nc4ccc(C(=O)N5CCOCC5)cc4)n3)C2)cc1. The largest absolute Gasteiger partial charge is 0.378 e. The average Bonchev–Trinajstić information content (AvgIpc) is 2.98. The first-order valence-corrected chi connectivity index (χ1v) is 13.3. The molecule has 12 nitrogen and oxygen atoms in total. The number of ether oxygens (including phenoxy) is 1. The third kappa shape index (κ3) is 6.34. The van der Waals surface area contributed by atoms with E-state index in [4.69, 9.17) is 10.5 Å². The van der Waals surface area contributed by atoms with Crippen LogP contribution < -0.4 is 21.3 Å². The molecule has 0 aliphatic carbocycles. The van der Waals surface area contributed by atoms with Crippen LogP contribution in [0.4, 0.5) is 17.5 Å². The Morgan fingerprint density at radius 1 is 0.950 bits per heavy atom. The highest BCUT2D eigenvalue weighted by molar-refractivity contribution is 5.97. The van der Waals surface area contributed by atoms with Gasteiger partial charge < -0.3 is 30.9 Å². The van der Waals surface area contributed by atoms with Crippen molar-refractivity contribution in [2.24, 2.45) is 5.73 Å². The van der Waals surface area contributed by atoms with Crippen molar-refractivity contribution in [1.82, 2.24) is 25.4 Å². The minimum atomic E-state index is -0.768. The summed E-state index contributed by atoms with van der Waals surface area (Å²) in [7, 11) is 0. The fourth-order valence-corrected chi connectivity index (χ4v) is 4.74. The highest BCUT2D eigenvalue weighted by atomic mass is 16.5. The summed E-state index contributed by atoms with van der Waals surface area (Å²) in [6.45, 7) is 5.32. The molecule has 0 radical (unpaired) electrons. The molecule has 208 valence electrons. The molecular formula is C28H32N8O4. The van der Waals surface area contributed by atoms with E-state index in [0.717, 1.165) is 18.4 Å². The van der Waals surface area contributed by atoms with E-state index in [1.165, 1.54) is 0 Å². The summed E-state index contributed by atoms with van der Waals surface area (Å²) in [6.07, 6.45) is 1.64. The van der Waals surface area contributed by atoms with E-state index in [1.54, 1.807) is 29.2 Å². The van der Waals surface area contributed by atoms with Gasteiger partial charge in [-0.3, -0.25) is 14.4 Å². The summed E-state index contributed by atoms with van der Waals surface area (Å²) in [5, 5.41) is 14.4. The number of nitrogens with zero attached hydrogens (tertiary/aromatic N) is 5. The fourth-order valence-electron chi connectivity index (χ4n) is 4.74. The van der Waals surface area contributed by atoms with E-state index in [0.29, 0.717) is 62.2 Å². The molecular weight excluding hydrogens is 512 g/mol. The molecule has 2 aliphatic rings. The molecule has 2 fully saturated rings. The first-order valence-electron chi connectivity index (χ1n) is 13.3. The molecule has 12 heteroatoms. The zero-order valence-corrected chi connectivity index (χ0v) is 22.3. The van der Waals surface area contributed by atoms with Crippen LogP contribution in [0, 0.1) is 6.92 Å². The minimum absolute atomic E-state index is 0.0622. The molecule has 2 saturated heterocycles. The maximum Gasteiger partial charge on any atom is 0.273 e. The number of piperidine rings is 1. The quantitative estimate of drug-likeness (QED) is 0.404. The lowest BCUT2D eigenvalue weighted by Gasteiger charge is -2.33. The second-order valence-electron chi connectivity index (χ2n) is 9.90. The zero-order chi connectivity index (χ0) is 28.1. The van der Waals surface area contributed by atoms with E-state index in [-0.39, 0.29) is 29.4 Å². The smallest absolute Gasteiger partial charge is 0.273 e. The molecule has 0 unspecified atom stereocenters. The molecule has 2 aliphatic heterocycles. The second kappa shape index (κ2) is 12.1. The maximum atomic E-state index is 12.7. The van der Waals surface area contributed by atoms with Crippen LogP contribution in [0.25, 0.3) is 0 Å². The van der Waals surface area contributed by atoms with Gasteiger partial charge in [0, 0.05) is 49.0 Å². The average molecular weight is 545 g/mol. The fraction of sp³-hybridized carbons (Fsp3) is 0.357. The minimum Gasteiger partial charge on any atom is -0.378 e. The number of rotatable bonds is 7. The summed E-state index contributed by atoms with van der Waals surface area (Å²) in [5.41, 5.74) is 8.30. The normalized spacial score (nSPS) is 17.3. The summed E-state index contributed by atoms with van der Waals surface area (Å²) in [5.74, 6) is -0.479. The number of carbonyl (C=O) groups excluding carboxylic acids is 3. The lowest BCUT2D eigenvalue weighted by Crippen LogP contribution is -2.48. The standard InChI is InChI=1S/C28H32N8O4/c1-18-4-6-19(7-5-18)26(38)31-22-3-2-12-36(17-22)28-32-25(23(24(29)37)33-34-28)30-21-10-8-20(9-11-21)27(39)35-13-15-40-16-14-35/h4-11,22H,2-3,12-17H2,1H3,(H2,29,37)(H,31,38)(H,30,32,34)/t22-/m1/s1. The number of anilines is 3. The van der Waals surface area contributed by atoms with Crippen molar-refractivity contribution < 1.29 is 19.1 Å². The number of aromatic nitrogens is 3. The topological polar surface area (TPSA) is 156 Å². The molecule has 40 heavy (non-hydrogen) atoms. The summed E-state index contributed by atoms with van der Waals surface area (Å²) >= 11 is 0. The number of hydrogen-bond acceptors (Lipinski definition) is 9. The van der Waals surface area contributed by atoms with Gasteiger partial charge >= 0.3 is 0 Å². The number of aryl methyl sites for hydroxylation is 1. The highest BCUT2D eigenvalue weighted by Crippen LogP contribution is 2.23. The van der Waals surface area contributed by atoms with E-state index >= 15 is 0 Å². The van der Waals surface area contributed by atoms with Crippen molar-refractivity contribution in [2.45, 2.75) is 25.8 Å². The Hall–Kier alpha value is -4.58. The predicted octanol–water partition coefficient (Wildman–Crippen LogP) is 1.89. The van der Waals surface area contributed by atoms with Crippen LogP contribution in [0.15, 0.2) is 48.5 Å². The second-order valence-corrected chi connectivity index (χ2v) is 9.90. The molecule has 1 aromatic heterocycles. The van der Waals surface area contributed by atoms with Gasteiger partial charge in [-0.15, -0.1) is 10.2 Å². The molecule has 0 saturated carbocycles. The molecule has 0 spiro atoms. The number of primary amides is 1. The Morgan fingerprint density at radius 3 is 2.35 bits per heavy atom. The lowest BCUT2D eigenvalue weighted by atomic mass is 10.1. The maximum absolute atomic E-state index is 12.7. The molecule has 3 aromatic rings. The van der Waals surface area contributed by atoms with Gasteiger partial charge in [0.1, 0.15) is 0 Å². The molecule has 5 rings (SSSR count). The summed E-state index contributed by atoms with van der Waals surface area (Å²) < 4.78 is 5.32. The van der Waals surface area contributed by atoms with Crippen LogP contribution in [0.3, 0.4) is 0 Å². The van der Waals surface area contributed by atoms with Gasteiger partial charge in [-0.25, -0.2) is 0 Å². The van der Waals surface area contributed by atoms with E-state index in [9.17, 15) is 14.4 Å². The number of nitrogens with one attached hydrogen (secondary N) is 2. The van der Waals surface area contributed by atoms with Crippen molar-refractivity contribution in [2.75, 3.05) is 49.6 Å². The van der Waals surface area contributed by atoms with Gasteiger partial charge in [0.05, 0.1) is 13.2 Å². The van der Waals surface area contributed by atoms with E-state index in [2.05, 4.69) is 25.8 Å². The zero-order valence-electron chi connectivity index (χ0n) is 22.3. The Bertz CT molecular complexity index is 1370. The number of hydrogen-bond donors (Lipinski definition) is 3. The van der Waals surface area contributed by atoms with Crippen molar-refractivity contribution in [3.05, 3.63) is 70.9 Å². The Kier molecular flexibility index (Phi) is 8.15. The van der Waals surface area contributed by atoms with Crippen LogP contribution in [0.5, 0.6) is 0 Å². The Balaban J connectivity index is 1.28. The van der Waals surface area contributed by atoms with Gasteiger partial charge in [0.25, 0.3) is 17.7 Å². The van der Waals surface area contributed by atoms with Crippen LogP contribution in [-0.4, -0.2) is 83.2 Å². The van der Waals surface area contributed by atoms with Crippen LogP contribution in [0.2, 0.25) is 0 Å². The number of amides is 3. The van der Waals surface area contributed by atoms with E-state index in [1.807, 2.05) is 36.1 Å². The molecule has 2 aromatic carbocycles. The molecule has 3 amide bonds. The van der Waals surface area contributed by atoms with Gasteiger partial charge in [-0.05, 0) is 56.2 Å². The molecule has 3 heterocycles. The molecule has 4 N–H and O–H groups in total. The first-order chi connectivity index (χ1) is 19.4. The van der Waals surface area contributed by atoms with Crippen LogP contribution in [0.1, 0.15) is 49.6 Å². The first kappa shape index (κ1) is 27.0. The number of benzene rings is 2. The third-order valence-corrected chi connectivity index (χ3v) is 6.96. The van der Waals surface area contributed by atoms with Crippen molar-refractivity contribution >= 4 is 35.2 Å². The predicted molar refractivity (Wildman–Crippen MR) is 149 cm³/mol. The van der Waals surface area contributed by atoms with Crippen molar-refractivity contribution in [1.29, 1.82) is 0 Å². The number of morpholine rings is 1. The van der Waals surface area contributed by atoms with Crippen LogP contribution >= 0.6 is 0 Å². The van der Waals surface area contributed by atoms with Gasteiger partial charge in [-0.1, -0.05) is 17.7 Å². The van der Waals surface area contributed by atoms with Crippen LogP contribution in [-0.2, 0) is 4.74 Å². The Labute approximate surface area is 231 Å². The van der Waals surface area contributed by atoms with Gasteiger partial charge in [0.15, 0.2) is 11.5 Å². The van der Waals surface area contributed by atoms with Gasteiger partial charge in [-0.2, -0.15) is 4.98 Å². The molecule has 1 atom stereocenters.